The second kappa shape index (κ2) is 4.26. The van der Waals surface area contributed by atoms with Crippen LogP contribution in [0.5, 0.6) is 5.75 Å². The van der Waals surface area contributed by atoms with E-state index < -0.39 is 7.12 Å². The van der Waals surface area contributed by atoms with Gasteiger partial charge < -0.3 is 15.2 Å². The third-order valence-electron chi connectivity index (χ3n) is 1.84. The Morgan fingerprint density at radius 2 is 2.07 bits per heavy atom. The molecular weight excluding hydrogens is 183 g/mol. The van der Waals surface area contributed by atoms with E-state index in [9.17, 15) is 4.79 Å². The van der Waals surface area contributed by atoms with Gasteiger partial charge in [-0.25, -0.2) is 0 Å². The smallest absolute Gasteiger partial charge is 0.488 e. The second-order valence-corrected chi connectivity index (χ2v) is 3.14. The summed E-state index contributed by atoms with van der Waals surface area (Å²) in [6, 6.07) is 4.09. The summed E-state index contributed by atoms with van der Waals surface area (Å²) in [4.78, 5) is 10.9. The van der Waals surface area contributed by atoms with Gasteiger partial charge in [0.05, 0.1) is 0 Å². The maximum Gasteiger partial charge on any atom is 0.488 e. The van der Waals surface area contributed by atoms with Crippen LogP contribution in [0, 0.1) is 0 Å². The molecule has 0 heterocycles. The van der Waals surface area contributed by atoms with Crippen molar-refractivity contribution >= 4 is 18.4 Å². The molecule has 0 bridgehead atoms. The SMILES string of the molecule is CC(=O)Cc1cc(O)ccc1B(O)O. The van der Waals surface area contributed by atoms with Gasteiger partial charge in [0.1, 0.15) is 11.5 Å². The zero-order valence-corrected chi connectivity index (χ0v) is 7.77. The average Bonchev–Trinajstić information content (AvgIpc) is 2.01. The van der Waals surface area contributed by atoms with Crippen LogP contribution in [0.2, 0.25) is 0 Å². The predicted molar refractivity (Wildman–Crippen MR) is 52.3 cm³/mol. The molecule has 0 aliphatic rings. The minimum Gasteiger partial charge on any atom is -0.508 e. The van der Waals surface area contributed by atoms with Crippen LogP contribution in [0.15, 0.2) is 18.2 Å². The van der Waals surface area contributed by atoms with E-state index in [2.05, 4.69) is 0 Å². The number of carbonyl (C=O) groups is 1. The van der Waals surface area contributed by atoms with E-state index >= 15 is 0 Å². The number of phenols is 1. The number of aromatic hydroxyl groups is 1. The van der Waals surface area contributed by atoms with Crippen LogP contribution < -0.4 is 5.46 Å². The van der Waals surface area contributed by atoms with Crippen molar-refractivity contribution in [3.63, 3.8) is 0 Å². The van der Waals surface area contributed by atoms with E-state index in [1.54, 1.807) is 0 Å². The maximum atomic E-state index is 10.9. The molecule has 74 valence electrons. The highest BCUT2D eigenvalue weighted by atomic mass is 16.4. The summed E-state index contributed by atoms with van der Waals surface area (Å²) in [6.07, 6.45) is 0.0847. The highest BCUT2D eigenvalue weighted by Crippen LogP contribution is 2.10. The van der Waals surface area contributed by atoms with Crippen LogP contribution in [-0.2, 0) is 11.2 Å². The molecule has 0 saturated heterocycles. The molecule has 0 aliphatic carbocycles. The number of ketones is 1. The predicted octanol–water partition coefficient (Wildman–Crippen LogP) is -0.797. The summed E-state index contributed by atoms with van der Waals surface area (Å²) in [5, 5.41) is 27.1. The average molecular weight is 194 g/mol. The van der Waals surface area contributed by atoms with Gasteiger partial charge in [-0.1, -0.05) is 6.07 Å². The third-order valence-corrected chi connectivity index (χ3v) is 1.84. The normalized spacial score (nSPS) is 9.93. The van der Waals surface area contributed by atoms with Crippen LogP contribution in [0.1, 0.15) is 12.5 Å². The van der Waals surface area contributed by atoms with E-state index in [0.717, 1.165) is 0 Å². The maximum absolute atomic E-state index is 10.9. The molecular formula is C9H11BO4. The zero-order chi connectivity index (χ0) is 10.7. The van der Waals surface area contributed by atoms with Gasteiger partial charge in [-0.15, -0.1) is 0 Å². The molecule has 3 N–H and O–H groups in total. The fraction of sp³-hybridized carbons (Fsp3) is 0.222. The van der Waals surface area contributed by atoms with Gasteiger partial charge in [0.15, 0.2) is 0 Å². The van der Waals surface area contributed by atoms with Crippen LogP contribution in [0.4, 0.5) is 0 Å². The largest absolute Gasteiger partial charge is 0.508 e. The Morgan fingerprint density at radius 1 is 1.43 bits per heavy atom. The summed E-state index contributed by atoms with van der Waals surface area (Å²) < 4.78 is 0. The Morgan fingerprint density at radius 3 is 2.57 bits per heavy atom. The number of Topliss-reactive ketones (excluding diaryl/α,β-unsaturated/α-hetero) is 1. The Bertz CT molecular complexity index is 349. The molecule has 1 aromatic carbocycles. The molecule has 0 saturated carbocycles. The standard InChI is InChI=1S/C9H11BO4/c1-6(11)4-7-5-8(12)2-3-9(7)10(13)14/h2-3,5,12-14H,4H2,1H3. The topological polar surface area (TPSA) is 77.8 Å². The summed E-state index contributed by atoms with van der Waals surface area (Å²) >= 11 is 0. The first-order valence-electron chi connectivity index (χ1n) is 4.18. The molecule has 0 unspecified atom stereocenters. The van der Waals surface area contributed by atoms with E-state index in [1.807, 2.05) is 0 Å². The number of rotatable bonds is 3. The third kappa shape index (κ3) is 2.58. The van der Waals surface area contributed by atoms with E-state index in [-0.39, 0.29) is 23.4 Å². The first-order valence-corrected chi connectivity index (χ1v) is 4.18. The van der Waals surface area contributed by atoms with Crippen molar-refractivity contribution in [1.29, 1.82) is 0 Å². The van der Waals surface area contributed by atoms with Gasteiger partial charge in [-0.2, -0.15) is 0 Å². The van der Waals surface area contributed by atoms with Gasteiger partial charge in [0.25, 0.3) is 0 Å². The number of phenolic OH excluding ortho intramolecular Hbond substituents is 1. The van der Waals surface area contributed by atoms with Crippen molar-refractivity contribution in [3.8, 4) is 5.75 Å². The van der Waals surface area contributed by atoms with Crippen molar-refractivity contribution in [1.82, 2.24) is 0 Å². The van der Waals surface area contributed by atoms with Crippen molar-refractivity contribution < 1.29 is 19.9 Å². The minimum atomic E-state index is -1.62. The van der Waals surface area contributed by atoms with E-state index in [0.29, 0.717) is 5.56 Å². The van der Waals surface area contributed by atoms with Crippen molar-refractivity contribution in [2.75, 3.05) is 0 Å². The number of hydrogen-bond acceptors (Lipinski definition) is 4. The van der Waals surface area contributed by atoms with Crippen molar-refractivity contribution in [2.45, 2.75) is 13.3 Å². The Balaban J connectivity index is 3.09. The highest BCUT2D eigenvalue weighted by Gasteiger charge is 2.16. The molecule has 0 fully saturated rings. The molecule has 0 spiro atoms. The van der Waals surface area contributed by atoms with Crippen LogP contribution in [0.3, 0.4) is 0 Å². The quantitative estimate of drug-likeness (QED) is 0.550. The lowest BCUT2D eigenvalue weighted by Gasteiger charge is -2.07. The monoisotopic (exact) mass is 194 g/mol. The number of benzene rings is 1. The van der Waals surface area contributed by atoms with Crippen molar-refractivity contribution in [2.24, 2.45) is 0 Å². The van der Waals surface area contributed by atoms with E-state index in [1.165, 1.54) is 25.1 Å². The first-order chi connectivity index (χ1) is 6.50. The second-order valence-electron chi connectivity index (χ2n) is 3.14. The minimum absolute atomic E-state index is 0.00523. The summed E-state index contributed by atoms with van der Waals surface area (Å²) in [7, 11) is -1.62. The van der Waals surface area contributed by atoms with Gasteiger partial charge in [-0.05, 0) is 30.1 Å². The molecule has 0 atom stereocenters. The number of hydrogen-bond donors (Lipinski definition) is 3. The summed E-state index contributed by atoms with van der Waals surface area (Å²) in [6.45, 7) is 1.40. The van der Waals surface area contributed by atoms with Gasteiger partial charge >= 0.3 is 7.12 Å². The molecule has 4 nitrogen and oxygen atoms in total. The lowest BCUT2D eigenvalue weighted by atomic mass is 9.76. The fourth-order valence-electron chi connectivity index (χ4n) is 1.27. The molecule has 0 aliphatic heterocycles. The highest BCUT2D eigenvalue weighted by molar-refractivity contribution is 6.59. The van der Waals surface area contributed by atoms with Crippen LogP contribution in [0.25, 0.3) is 0 Å². The first kappa shape index (κ1) is 10.8. The molecule has 0 amide bonds. The molecule has 0 aromatic heterocycles. The van der Waals surface area contributed by atoms with Crippen LogP contribution in [-0.4, -0.2) is 28.1 Å². The lowest BCUT2D eigenvalue weighted by Crippen LogP contribution is -2.33. The Hall–Kier alpha value is -1.33. The van der Waals surface area contributed by atoms with Gasteiger partial charge in [0, 0.05) is 6.42 Å². The fourth-order valence-corrected chi connectivity index (χ4v) is 1.27. The summed E-state index contributed by atoms with van der Waals surface area (Å²) in [5.74, 6) is -0.0943. The lowest BCUT2D eigenvalue weighted by molar-refractivity contribution is -0.116. The Labute approximate surface area is 82.0 Å². The van der Waals surface area contributed by atoms with Gasteiger partial charge in [-0.3, -0.25) is 4.79 Å². The molecule has 1 aromatic rings. The molecule has 0 radical (unpaired) electrons. The summed E-state index contributed by atoms with van der Waals surface area (Å²) in [5.41, 5.74) is 0.686. The Kier molecular flexibility index (Phi) is 3.27. The zero-order valence-electron chi connectivity index (χ0n) is 7.77. The molecule has 5 heteroatoms. The van der Waals surface area contributed by atoms with Crippen LogP contribution >= 0.6 is 0 Å². The van der Waals surface area contributed by atoms with Crippen molar-refractivity contribution in [3.05, 3.63) is 23.8 Å². The van der Waals surface area contributed by atoms with E-state index in [4.69, 9.17) is 15.2 Å². The molecule has 14 heavy (non-hydrogen) atoms. The number of carbonyl (C=O) groups excluding carboxylic acids is 1. The van der Waals surface area contributed by atoms with Gasteiger partial charge in [0.2, 0.25) is 0 Å². The molecule has 1 rings (SSSR count).